The predicted octanol–water partition coefficient (Wildman–Crippen LogP) is 3.08. The molecule has 0 N–H and O–H groups in total. The standard InChI is InChI=1S/C16H17ClFN3O2S/c1-20-11-19-16(15(20)17)24(22,23)21-7-5-12(6-8-21)9-13-3-2-4-14(18)10-13/h2-4,9-11H,5-8H2,1H3. The number of hydrogen-bond donors (Lipinski definition) is 0. The van der Waals surface area contributed by atoms with Crippen molar-refractivity contribution in [2.24, 2.45) is 7.05 Å². The molecule has 1 aliphatic heterocycles. The van der Waals surface area contributed by atoms with Crippen molar-refractivity contribution in [2.75, 3.05) is 13.1 Å². The molecule has 1 fully saturated rings. The van der Waals surface area contributed by atoms with Gasteiger partial charge < -0.3 is 4.57 Å². The van der Waals surface area contributed by atoms with Gasteiger partial charge in [0.1, 0.15) is 11.0 Å². The fourth-order valence-corrected chi connectivity index (χ4v) is 4.51. The second-order valence-corrected chi connectivity index (χ2v) is 7.92. The molecule has 1 aromatic carbocycles. The van der Waals surface area contributed by atoms with E-state index < -0.39 is 10.0 Å². The number of hydrogen-bond acceptors (Lipinski definition) is 3. The molecular weight excluding hydrogens is 353 g/mol. The fourth-order valence-electron chi connectivity index (χ4n) is 2.68. The molecule has 24 heavy (non-hydrogen) atoms. The Morgan fingerprint density at radius 2 is 2.00 bits per heavy atom. The lowest BCUT2D eigenvalue weighted by atomic mass is 10.0. The van der Waals surface area contributed by atoms with Crippen LogP contribution in [0.1, 0.15) is 18.4 Å². The topological polar surface area (TPSA) is 55.2 Å². The number of nitrogens with zero attached hydrogens (tertiary/aromatic N) is 3. The van der Waals surface area contributed by atoms with Gasteiger partial charge in [-0.2, -0.15) is 4.31 Å². The molecule has 8 heteroatoms. The van der Waals surface area contributed by atoms with Crippen LogP contribution in [0.2, 0.25) is 5.15 Å². The van der Waals surface area contributed by atoms with Crippen molar-refractivity contribution in [3.63, 3.8) is 0 Å². The van der Waals surface area contributed by atoms with Gasteiger partial charge in [-0.05, 0) is 30.5 Å². The van der Waals surface area contributed by atoms with Crippen molar-refractivity contribution in [3.05, 3.63) is 52.7 Å². The SMILES string of the molecule is Cn1cnc(S(=O)(=O)N2CCC(=Cc3cccc(F)c3)CC2)c1Cl. The maximum atomic E-state index is 13.2. The first kappa shape index (κ1) is 17.1. The Hall–Kier alpha value is -1.70. The molecule has 3 rings (SSSR count). The maximum absolute atomic E-state index is 13.2. The highest BCUT2D eigenvalue weighted by Gasteiger charge is 2.31. The molecule has 0 atom stereocenters. The summed E-state index contributed by atoms with van der Waals surface area (Å²) in [6, 6.07) is 6.34. The van der Waals surface area contributed by atoms with Gasteiger partial charge in [0.25, 0.3) is 10.0 Å². The third kappa shape index (κ3) is 3.38. The Balaban J connectivity index is 1.74. The summed E-state index contributed by atoms with van der Waals surface area (Å²) in [6.45, 7) is 0.715. The highest BCUT2D eigenvalue weighted by molar-refractivity contribution is 7.89. The summed E-state index contributed by atoms with van der Waals surface area (Å²) in [5.41, 5.74) is 1.88. The first-order valence-electron chi connectivity index (χ1n) is 7.50. The zero-order valence-corrected chi connectivity index (χ0v) is 14.7. The van der Waals surface area contributed by atoms with E-state index in [-0.39, 0.29) is 16.0 Å². The van der Waals surface area contributed by atoms with Gasteiger partial charge >= 0.3 is 0 Å². The number of sulfonamides is 1. The van der Waals surface area contributed by atoms with Gasteiger partial charge in [-0.3, -0.25) is 0 Å². The number of halogens is 2. The van der Waals surface area contributed by atoms with Gasteiger partial charge in [-0.15, -0.1) is 0 Å². The lowest BCUT2D eigenvalue weighted by molar-refractivity contribution is 0.386. The molecule has 1 aliphatic rings. The molecule has 0 aliphatic carbocycles. The first-order chi connectivity index (χ1) is 11.4. The van der Waals surface area contributed by atoms with Crippen LogP contribution >= 0.6 is 11.6 Å². The summed E-state index contributed by atoms with van der Waals surface area (Å²) in [4.78, 5) is 3.90. The van der Waals surface area contributed by atoms with E-state index >= 15 is 0 Å². The van der Waals surface area contributed by atoms with Gasteiger partial charge in [0.2, 0.25) is 5.03 Å². The molecule has 0 saturated carbocycles. The molecular formula is C16H17ClFN3O2S. The average molecular weight is 370 g/mol. The second-order valence-electron chi connectivity index (χ2n) is 5.71. The maximum Gasteiger partial charge on any atom is 0.263 e. The highest BCUT2D eigenvalue weighted by Crippen LogP contribution is 2.27. The zero-order chi connectivity index (χ0) is 17.3. The van der Waals surface area contributed by atoms with Crippen molar-refractivity contribution >= 4 is 27.7 Å². The predicted molar refractivity (Wildman–Crippen MR) is 90.6 cm³/mol. The lowest BCUT2D eigenvalue weighted by Crippen LogP contribution is -2.36. The van der Waals surface area contributed by atoms with Gasteiger partial charge in [0.15, 0.2) is 0 Å². The summed E-state index contributed by atoms with van der Waals surface area (Å²) in [5.74, 6) is -0.283. The molecule has 0 bridgehead atoms. The minimum atomic E-state index is -3.69. The molecule has 0 unspecified atom stereocenters. The van der Waals surface area contributed by atoms with E-state index in [2.05, 4.69) is 4.98 Å². The monoisotopic (exact) mass is 369 g/mol. The van der Waals surface area contributed by atoms with E-state index in [9.17, 15) is 12.8 Å². The summed E-state index contributed by atoms with van der Waals surface area (Å²) >= 11 is 6.01. The fraction of sp³-hybridized carbons (Fsp3) is 0.312. The van der Waals surface area contributed by atoms with Crippen LogP contribution in [0.5, 0.6) is 0 Å². The van der Waals surface area contributed by atoms with E-state index in [4.69, 9.17) is 11.6 Å². The molecule has 1 saturated heterocycles. The molecule has 0 amide bonds. The molecule has 0 radical (unpaired) electrons. The van der Waals surface area contributed by atoms with Crippen molar-refractivity contribution in [1.82, 2.24) is 13.9 Å². The minimum absolute atomic E-state index is 0.107. The molecule has 2 aromatic rings. The third-order valence-corrected chi connectivity index (χ3v) is 6.39. The van der Waals surface area contributed by atoms with Crippen LogP contribution < -0.4 is 0 Å². The first-order valence-corrected chi connectivity index (χ1v) is 9.32. The normalized spacial score (nSPS) is 16.4. The van der Waals surface area contributed by atoms with Gasteiger partial charge in [0.05, 0.1) is 6.33 Å². The van der Waals surface area contributed by atoms with Crippen molar-refractivity contribution in [2.45, 2.75) is 17.9 Å². The second kappa shape index (κ2) is 6.66. The number of benzene rings is 1. The quantitative estimate of drug-likeness (QED) is 0.835. The number of imidazole rings is 1. The summed E-state index contributed by atoms with van der Waals surface area (Å²) in [5, 5.41) is 0.000302. The van der Waals surface area contributed by atoms with Crippen LogP contribution in [0.4, 0.5) is 4.39 Å². The number of piperidine rings is 1. The van der Waals surface area contributed by atoms with Crippen LogP contribution in [-0.4, -0.2) is 35.4 Å². The van der Waals surface area contributed by atoms with E-state index in [0.717, 1.165) is 11.1 Å². The summed E-state index contributed by atoms with van der Waals surface area (Å²) < 4.78 is 41.3. The number of rotatable bonds is 3. The van der Waals surface area contributed by atoms with Crippen molar-refractivity contribution in [1.29, 1.82) is 0 Å². The van der Waals surface area contributed by atoms with Gasteiger partial charge in [-0.1, -0.05) is 35.4 Å². The minimum Gasteiger partial charge on any atom is -0.324 e. The largest absolute Gasteiger partial charge is 0.324 e. The molecule has 2 heterocycles. The summed E-state index contributed by atoms with van der Waals surface area (Å²) in [6.07, 6.45) is 4.50. The third-order valence-electron chi connectivity index (χ3n) is 4.00. The molecule has 128 valence electrons. The Bertz CT molecular complexity index is 882. The Morgan fingerprint density at radius 3 is 2.58 bits per heavy atom. The van der Waals surface area contributed by atoms with E-state index in [1.54, 1.807) is 13.1 Å². The van der Waals surface area contributed by atoms with Gasteiger partial charge in [-0.25, -0.2) is 17.8 Å². The van der Waals surface area contributed by atoms with Crippen LogP contribution in [-0.2, 0) is 17.1 Å². The average Bonchev–Trinajstić information content (AvgIpc) is 2.88. The Labute approximate surface area is 145 Å². The number of aryl methyl sites for hydroxylation is 1. The van der Waals surface area contributed by atoms with Gasteiger partial charge in [0, 0.05) is 20.1 Å². The zero-order valence-electron chi connectivity index (χ0n) is 13.1. The Kier molecular flexibility index (Phi) is 4.76. The molecule has 0 spiro atoms. The molecule has 1 aromatic heterocycles. The number of aromatic nitrogens is 2. The van der Waals surface area contributed by atoms with Crippen LogP contribution in [0.25, 0.3) is 6.08 Å². The van der Waals surface area contributed by atoms with Crippen molar-refractivity contribution < 1.29 is 12.8 Å². The summed E-state index contributed by atoms with van der Waals surface area (Å²) in [7, 11) is -2.05. The van der Waals surface area contributed by atoms with Crippen LogP contribution in [0.15, 0.2) is 41.2 Å². The Morgan fingerprint density at radius 1 is 1.29 bits per heavy atom. The highest BCUT2D eigenvalue weighted by atomic mass is 35.5. The smallest absolute Gasteiger partial charge is 0.263 e. The van der Waals surface area contributed by atoms with Crippen LogP contribution in [0.3, 0.4) is 0 Å². The van der Waals surface area contributed by atoms with Crippen LogP contribution in [0, 0.1) is 5.82 Å². The van der Waals surface area contributed by atoms with E-state index in [1.807, 2.05) is 12.1 Å². The van der Waals surface area contributed by atoms with E-state index in [1.165, 1.54) is 27.3 Å². The van der Waals surface area contributed by atoms with Crippen molar-refractivity contribution in [3.8, 4) is 0 Å². The lowest BCUT2D eigenvalue weighted by Gasteiger charge is -2.27. The van der Waals surface area contributed by atoms with E-state index in [0.29, 0.717) is 25.9 Å². The molecule has 5 nitrogen and oxygen atoms in total.